The number of amides is 1. The van der Waals surface area contributed by atoms with Gasteiger partial charge < -0.3 is 14.5 Å². The van der Waals surface area contributed by atoms with Crippen molar-refractivity contribution >= 4 is 55.2 Å². The zero-order valence-corrected chi connectivity index (χ0v) is 16.1. The molecule has 4 heterocycles. The van der Waals surface area contributed by atoms with Crippen LogP contribution in [-0.2, 0) is 11.4 Å². The van der Waals surface area contributed by atoms with Gasteiger partial charge in [0.1, 0.15) is 0 Å². The van der Waals surface area contributed by atoms with Crippen LogP contribution in [-0.4, -0.2) is 15.0 Å². The van der Waals surface area contributed by atoms with Crippen LogP contribution in [0.1, 0.15) is 28.6 Å². The summed E-state index contributed by atoms with van der Waals surface area (Å²) in [6.45, 7) is 4.93. The van der Waals surface area contributed by atoms with E-state index in [-0.39, 0.29) is 12.1 Å². The van der Waals surface area contributed by atoms with E-state index in [1.54, 1.807) is 0 Å². The van der Waals surface area contributed by atoms with E-state index in [4.69, 9.17) is 10.7 Å². The lowest BCUT2D eigenvalue weighted by molar-refractivity contribution is -0.000457. The van der Waals surface area contributed by atoms with E-state index >= 15 is 0 Å². The van der Waals surface area contributed by atoms with Crippen molar-refractivity contribution in [3.05, 3.63) is 66.2 Å². The maximum Gasteiger partial charge on any atom is 0.257 e. The summed E-state index contributed by atoms with van der Waals surface area (Å²) in [4.78, 5) is 18.6. The normalized spacial score (nSPS) is 18.1. The molecule has 0 saturated heterocycles. The molecule has 30 heavy (non-hydrogen) atoms. The molecule has 146 valence electrons. The summed E-state index contributed by atoms with van der Waals surface area (Å²) in [6.07, 6.45) is 0.426. The number of para-hydroxylation sites is 2. The van der Waals surface area contributed by atoms with Crippen LogP contribution in [0.4, 0.5) is 0 Å². The highest BCUT2D eigenvalue weighted by Crippen LogP contribution is 2.48. The average Bonchev–Trinajstić information content (AvgIpc) is 3.32. The summed E-state index contributed by atoms with van der Waals surface area (Å²) >= 11 is 0. The fraction of sp³-hybridized carbons (Fsp3) is 0.125. The van der Waals surface area contributed by atoms with E-state index in [2.05, 4.69) is 45.3 Å². The first-order valence-corrected chi connectivity index (χ1v) is 10.1. The van der Waals surface area contributed by atoms with Crippen LogP contribution in [0.3, 0.4) is 0 Å². The molecule has 0 saturated carbocycles. The summed E-state index contributed by atoms with van der Waals surface area (Å²) in [5, 5.41) is 7.13. The first kappa shape index (κ1) is 16.2. The van der Waals surface area contributed by atoms with E-state index in [9.17, 15) is 4.79 Å². The molecule has 3 N–H and O–H groups in total. The van der Waals surface area contributed by atoms with Gasteiger partial charge in [-0.25, -0.2) is 5.90 Å². The summed E-state index contributed by atoms with van der Waals surface area (Å²) in [7, 11) is 0. The standard InChI is InChI=1S/C24H18N4O2/c1-12-18-19-14-7-3-5-9-16(14)28-17(30-25)10-11-27-15-8-4-2-6-13(15)20(22(27)23(19)28)21(18)24(29)26-12/h2-9,17H,1,10-11,25H2,(H,26,29). The highest BCUT2D eigenvalue weighted by molar-refractivity contribution is 6.34. The predicted octanol–water partition coefficient (Wildman–Crippen LogP) is 4.41. The topological polar surface area (TPSA) is 74.2 Å². The number of rotatable bonds is 1. The van der Waals surface area contributed by atoms with E-state index in [0.29, 0.717) is 11.3 Å². The second kappa shape index (κ2) is 5.30. The zero-order valence-electron chi connectivity index (χ0n) is 16.1. The molecule has 6 heteroatoms. The number of carbonyl (C=O) groups is 1. The van der Waals surface area contributed by atoms with Crippen LogP contribution < -0.4 is 11.2 Å². The Morgan fingerprint density at radius 1 is 0.967 bits per heavy atom. The van der Waals surface area contributed by atoms with Gasteiger partial charge in [-0.1, -0.05) is 43.0 Å². The van der Waals surface area contributed by atoms with Gasteiger partial charge in [0.05, 0.1) is 22.1 Å². The van der Waals surface area contributed by atoms with Gasteiger partial charge in [0.15, 0.2) is 6.23 Å². The first-order chi connectivity index (χ1) is 14.7. The number of hydrogen-bond donors (Lipinski definition) is 2. The minimum absolute atomic E-state index is 0.0903. The van der Waals surface area contributed by atoms with Crippen molar-refractivity contribution in [1.29, 1.82) is 0 Å². The summed E-state index contributed by atoms with van der Waals surface area (Å²) in [5.41, 5.74) is 6.51. The van der Waals surface area contributed by atoms with Gasteiger partial charge in [0.2, 0.25) is 0 Å². The fourth-order valence-corrected chi connectivity index (χ4v) is 5.62. The molecule has 1 amide bonds. The fourth-order valence-electron chi connectivity index (χ4n) is 5.62. The lowest BCUT2D eigenvalue weighted by Crippen LogP contribution is -2.16. The number of carbonyl (C=O) groups excluding carboxylic acids is 1. The van der Waals surface area contributed by atoms with Crippen molar-refractivity contribution in [2.45, 2.75) is 19.2 Å². The van der Waals surface area contributed by atoms with Crippen molar-refractivity contribution in [3.8, 4) is 0 Å². The Balaban J connectivity index is 1.92. The predicted molar refractivity (Wildman–Crippen MR) is 118 cm³/mol. The van der Waals surface area contributed by atoms with E-state index in [1.807, 2.05) is 24.3 Å². The molecule has 6 nitrogen and oxygen atoms in total. The maximum absolute atomic E-state index is 13.1. The van der Waals surface area contributed by atoms with Gasteiger partial charge in [-0.05, 0) is 12.1 Å². The maximum atomic E-state index is 13.1. The Kier molecular flexibility index (Phi) is 2.86. The second-order valence-corrected chi connectivity index (χ2v) is 8.07. The molecule has 1 atom stereocenters. The van der Waals surface area contributed by atoms with Crippen LogP contribution in [0.2, 0.25) is 0 Å². The minimum Gasteiger partial charge on any atom is -0.339 e. The van der Waals surface area contributed by atoms with Gasteiger partial charge in [-0.3, -0.25) is 9.63 Å². The van der Waals surface area contributed by atoms with Gasteiger partial charge >= 0.3 is 0 Å². The number of aryl methyl sites for hydroxylation is 1. The lowest BCUT2D eigenvalue weighted by Gasteiger charge is -2.17. The number of aromatic nitrogens is 2. The van der Waals surface area contributed by atoms with Crippen molar-refractivity contribution in [2.24, 2.45) is 5.90 Å². The number of fused-ring (bicyclic) bond motifs is 9. The molecule has 0 radical (unpaired) electrons. The highest BCUT2D eigenvalue weighted by atomic mass is 16.6. The van der Waals surface area contributed by atoms with Crippen LogP contribution >= 0.6 is 0 Å². The zero-order chi connectivity index (χ0) is 20.1. The molecule has 0 fully saturated rings. The second-order valence-electron chi connectivity index (χ2n) is 8.07. The van der Waals surface area contributed by atoms with Gasteiger partial charge in [0, 0.05) is 51.3 Å². The van der Waals surface area contributed by atoms with Crippen molar-refractivity contribution in [2.75, 3.05) is 0 Å². The van der Waals surface area contributed by atoms with Crippen LogP contribution in [0.25, 0.3) is 49.3 Å². The first-order valence-electron chi connectivity index (χ1n) is 10.1. The number of nitrogens with two attached hydrogens (primary N) is 1. The van der Waals surface area contributed by atoms with E-state index < -0.39 is 0 Å². The van der Waals surface area contributed by atoms with Crippen LogP contribution in [0.15, 0.2) is 55.1 Å². The molecule has 2 aliphatic rings. The Morgan fingerprint density at radius 3 is 2.40 bits per heavy atom. The van der Waals surface area contributed by atoms with Crippen molar-refractivity contribution in [1.82, 2.24) is 14.5 Å². The highest BCUT2D eigenvalue weighted by Gasteiger charge is 2.36. The molecule has 0 spiro atoms. The van der Waals surface area contributed by atoms with Gasteiger partial charge in [-0.15, -0.1) is 0 Å². The third kappa shape index (κ3) is 1.67. The van der Waals surface area contributed by atoms with Gasteiger partial charge in [-0.2, -0.15) is 0 Å². The largest absolute Gasteiger partial charge is 0.339 e. The van der Waals surface area contributed by atoms with Crippen molar-refractivity contribution < 1.29 is 9.63 Å². The smallest absolute Gasteiger partial charge is 0.257 e. The number of benzene rings is 3. The SMILES string of the molecule is C=C1NC(=O)c2c1c1c3ccccc3n3c1c1c2c2ccccc2n1CCC3ON. The third-order valence-corrected chi connectivity index (χ3v) is 6.69. The molecule has 5 aromatic rings. The quantitative estimate of drug-likeness (QED) is 0.414. The lowest BCUT2D eigenvalue weighted by atomic mass is 9.96. The molecule has 3 aromatic carbocycles. The molecule has 0 bridgehead atoms. The van der Waals surface area contributed by atoms with Crippen LogP contribution in [0.5, 0.6) is 0 Å². The third-order valence-electron chi connectivity index (χ3n) is 6.69. The van der Waals surface area contributed by atoms with E-state index in [0.717, 1.165) is 62.1 Å². The number of nitrogens with zero attached hydrogens (tertiary/aromatic N) is 2. The molecular formula is C24H18N4O2. The summed E-state index contributed by atoms with van der Waals surface area (Å²) in [5.74, 6) is 5.70. The molecule has 7 rings (SSSR count). The Labute approximate surface area is 171 Å². The number of hydrogen-bond acceptors (Lipinski definition) is 3. The van der Waals surface area contributed by atoms with E-state index in [1.165, 1.54) is 0 Å². The Hall–Kier alpha value is -3.61. The van der Waals surface area contributed by atoms with Crippen LogP contribution in [0, 0.1) is 0 Å². The summed E-state index contributed by atoms with van der Waals surface area (Å²) < 4.78 is 4.52. The van der Waals surface area contributed by atoms with Gasteiger partial charge in [0.25, 0.3) is 5.91 Å². The molecular weight excluding hydrogens is 376 g/mol. The Bertz CT molecular complexity index is 1600. The number of nitrogens with one attached hydrogen (secondary N) is 1. The monoisotopic (exact) mass is 394 g/mol. The molecule has 1 unspecified atom stereocenters. The summed E-state index contributed by atoms with van der Waals surface area (Å²) in [6, 6.07) is 16.5. The molecule has 2 aromatic heterocycles. The molecule has 2 aliphatic heterocycles. The Morgan fingerprint density at radius 2 is 1.63 bits per heavy atom. The molecule has 0 aliphatic carbocycles. The average molecular weight is 394 g/mol. The van der Waals surface area contributed by atoms with Crippen molar-refractivity contribution in [3.63, 3.8) is 0 Å². The minimum atomic E-state index is -0.300.